The van der Waals surface area contributed by atoms with Crippen LogP contribution in [0.25, 0.3) is 0 Å². The number of hydrazone groups is 1. The van der Waals surface area contributed by atoms with Gasteiger partial charge < -0.3 is 10.3 Å². The first kappa shape index (κ1) is 13.4. The highest BCUT2D eigenvalue weighted by Gasteiger charge is 2.41. The van der Waals surface area contributed by atoms with Gasteiger partial charge in [0.05, 0.1) is 11.6 Å². The maximum atomic E-state index is 13.1. The van der Waals surface area contributed by atoms with Crippen LogP contribution in [0, 0.1) is 5.92 Å². The van der Waals surface area contributed by atoms with E-state index in [0.717, 1.165) is 31.3 Å². The SMILES string of the molecule is CN1CCC2=NNC(c3ccccc3C(F)(F)F)C2C1. The van der Waals surface area contributed by atoms with Gasteiger partial charge in [-0.2, -0.15) is 18.3 Å². The molecule has 2 atom stereocenters. The van der Waals surface area contributed by atoms with Crippen molar-refractivity contribution >= 4 is 5.71 Å². The summed E-state index contributed by atoms with van der Waals surface area (Å²) in [6, 6.07) is 5.38. The van der Waals surface area contributed by atoms with Crippen molar-refractivity contribution in [2.24, 2.45) is 11.0 Å². The smallest absolute Gasteiger partial charge is 0.305 e. The molecule has 0 bridgehead atoms. The van der Waals surface area contributed by atoms with Gasteiger partial charge >= 0.3 is 6.18 Å². The molecule has 1 saturated heterocycles. The second-order valence-corrected chi connectivity index (χ2v) is 5.41. The number of likely N-dealkylation sites (tertiary alicyclic amines) is 1. The molecular weight excluding hydrogens is 267 g/mol. The Balaban J connectivity index is 1.95. The first-order valence-corrected chi connectivity index (χ1v) is 6.63. The molecule has 0 aliphatic carbocycles. The molecule has 20 heavy (non-hydrogen) atoms. The van der Waals surface area contributed by atoms with Gasteiger partial charge in [-0.15, -0.1) is 0 Å². The van der Waals surface area contributed by atoms with Crippen molar-refractivity contribution in [3.05, 3.63) is 35.4 Å². The Kier molecular flexibility index (Phi) is 3.20. The van der Waals surface area contributed by atoms with Gasteiger partial charge in [0.2, 0.25) is 0 Å². The van der Waals surface area contributed by atoms with E-state index in [0.29, 0.717) is 5.56 Å². The Morgan fingerprint density at radius 2 is 2.05 bits per heavy atom. The van der Waals surface area contributed by atoms with Gasteiger partial charge in [-0.3, -0.25) is 0 Å². The van der Waals surface area contributed by atoms with Gasteiger partial charge in [0, 0.05) is 31.1 Å². The molecule has 1 fully saturated rings. The molecular formula is C14H16F3N3. The quantitative estimate of drug-likeness (QED) is 0.858. The molecule has 0 radical (unpaired) electrons. The van der Waals surface area contributed by atoms with Crippen LogP contribution in [-0.2, 0) is 6.18 Å². The van der Waals surface area contributed by atoms with Crippen LogP contribution in [0.2, 0.25) is 0 Å². The van der Waals surface area contributed by atoms with Crippen LogP contribution < -0.4 is 5.43 Å². The Bertz CT molecular complexity index is 539. The largest absolute Gasteiger partial charge is 0.416 e. The average Bonchev–Trinajstić information content (AvgIpc) is 2.80. The van der Waals surface area contributed by atoms with E-state index in [1.165, 1.54) is 6.07 Å². The lowest BCUT2D eigenvalue weighted by atomic mass is 9.85. The molecule has 3 nitrogen and oxygen atoms in total. The summed E-state index contributed by atoms with van der Waals surface area (Å²) in [7, 11) is 1.99. The van der Waals surface area contributed by atoms with E-state index in [1.807, 2.05) is 7.05 Å². The monoisotopic (exact) mass is 283 g/mol. The first-order valence-electron chi connectivity index (χ1n) is 6.63. The lowest BCUT2D eigenvalue weighted by Gasteiger charge is -2.31. The topological polar surface area (TPSA) is 27.6 Å². The van der Waals surface area contributed by atoms with Crippen LogP contribution >= 0.6 is 0 Å². The van der Waals surface area contributed by atoms with Gasteiger partial charge in [-0.25, -0.2) is 0 Å². The highest BCUT2D eigenvalue weighted by Crippen LogP contribution is 2.39. The average molecular weight is 283 g/mol. The van der Waals surface area contributed by atoms with Crippen molar-refractivity contribution in [2.45, 2.75) is 18.6 Å². The second-order valence-electron chi connectivity index (χ2n) is 5.41. The number of hydrogen-bond acceptors (Lipinski definition) is 3. The van der Waals surface area contributed by atoms with Gasteiger partial charge in [-0.05, 0) is 18.7 Å². The molecule has 0 amide bonds. The minimum Gasteiger partial charge on any atom is -0.305 e. The molecule has 2 heterocycles. The number of halogens is 3. The van der Waals surface area contributed by atoms with Crippen molar-refractivity contribution in [3.63, 3.8) is 0 Å². The zero-order valence-corrected chi connectivity index (χ0v) is 11.1. The molecule has 0 saturated carbocycles. The van der Waals surface area contributed by atoms with Crippen molar-refractivity contribution in [2.75, 3.05) is 20.1 Å². The lowest BCUT2D eigenvalue weighted by Crippen LogP contribution is -2.40. The molecule has 6 heteroatoms. The molecule has 2 aliphatic rings. The summed E-state index contributed by atoms with van der Waals surface area (Å²) in [5.41, 5.74) is 3.62. The van der Waals surface area contributed by atoms with E-state index in [2.05, 4.69) is 15.4 Å². The van der Waals surface area contributed by atoms with Crippen LogP contribution in [0.5, 0.6) is 0 Å². The molecule has 1 N–H and O–H groups in total. The fourth-order valence-electron chi connectivity index (χ4n) is 3.01. The number of fused-ring (bicyclic) bond motifs is 1. The minimum absolute atomic E-state index is 0.0252. The van der Waals surface area contributed by atoms with E-state index in [4.69, 9.17) is 0 Å². The highest BCUT2D eigenvalue weighted by atomic mass is 19.4. The third-order valence-corrected chi connectivity index (χ3v) is 4.04. The van der Waals surface area contributed by atoms with Gasteiger partial charge in [0.1, 0.15) is 0 Å². The summed E-state index contributed by atoms with van der Waals surface area (Å²) < 4.78 is 39.4. The molecule has 108 valence electrons. The molecule has 1 aromatic carbocycles. The number of piperidine rings is 1. The number of hydrogen-bond donors (Lipinski definition) is 1. The fourth-order valence-corrected chi connectivity index (χ4v) is 3.01. The molecule has 2 unspecified atom stereocenters. The molecule has 2 aliphatic heterocycles. The second kappa shape index (κ2) is 4.77. The van der Waals surface area contributed by atoms with Crippen molar-refractivity contribution in [1.82, 2.24) is 10.3 Å². The number of rotatable bonds is 1. The standard InChI is InChI=1S/C14H16F3N3/c1-20-7-6-12-10(8-20)13(19-18-12)9-4-2-3-5-11(9)14(15,16)17/h2-5,10,13,19H,6-8H2,1H3. The van der Waals surface area contributed by atoms with Crippen LogP contribution in [-0.4, -0.2) is 30.7 Å². The normalized spacial score (nSPS) is 26.9. The first-order chi connectivity index (χ1) is 9.47. The molecule has 0 aromatic heterocycles. The van der Waals surface area contributed by atoms with E-state index < -0.39 is 11.7 Å². The summed E-state index contributed by atoms with van der Waals surface area (Å²) >= 11 is 0. The minimum atomic E-state index is -4.33. The Morgan fingerprint density at radius 3 is 2.80 bits per heavy atom. The third kappa shape index (κ3) is 2.28. The Labute approximate surface area is 115 Å². The predicted octanol–water partition coefficient (Wildman–Crippen LogP) is 2.66. The zero-order valence-electron chi connectivity index (χ0n) is 11.1. The van der Waals surface area contributed by atoms with E-state index in [9.17, 15) is 13.2 Å². The predicted molar refractivity (Wildman–Crippen MR) is 70.4 cm³/mol. The van der Waals surface area contributed by atoms with E-state index >= 15 is 0 Å². The van der Waals surface area contributed by atoms with Crippen LogP contribution in [0.15, 0.2) is 29.4 Å². The molecule has 0 spiro atoms. The van der Waals surface area contributed by atoms with Gasteiger partial charge in [0.15, 0.2) is 0 Å². The highest BCUT2D eigenvalue weighted by molar-refractivity contribution is 5.90. The van der Waals surface area contributed by atoms with Gasteiger partial charge in [-0.1, -0.05) is 18.2 Å². The van der Waals surface area contributed by atoms with Crippen LogP contribution in [0.3, 0.4) is 0 Å². The van der Waals surface area contributed by atoms with Crippen molar-refractivity contribution in [1.29, 1.82) is 0 Å². The fraction of sp³-hybridized carbons (Fsp3) is 0.500. The van der Waals surface area contributed by atoms with Crippen molar-refractivity contribution < 1.29 is 13.2 Å². The summed E-state index contributed by atoms with van der Waals surface area (Å²) in [6.07, 6.45) is -3.51. The number of benzene rings is 1. The maximum absolute atomic E-state index is 13.1. The maximum Gasteiger partial charge on any atom is 0.416 e. The van der Waals surface area contributed by atoms with E-state index in [1.54, 1.807) is 12.1 Å². The number of alkyl halides is 3. The van der Waals surface area contributed by atoms with E-state index in [-0.39, 0.29) is 12.0 Å². The van der Waals surface area contributed by atoms with Crippen molar-refractivity contribution in [3.8, 4) is 0 Å². The third-order valence-electron chi connectivity index (χ3n) is 4.04. The Morgan fingerprint density at radius 1 is 1.30 bits per heavy atom. The zero-order chi connectivity index (χ0) is 14.3. The van der Waals surface area contributed by atoms with Gasteiger partial charge in [0.25, 0.3) is 0 Å². The molecule has 1 aromatic rings. The number of nitrogens with zero attached hydrogens (tertiary/aromatic N) is 2. The van der Waals surface area contributed by atoms with Crippen LogP contribution in [0.1, 0.15) is 23.6 Å². The summed E-state index contributed by atoms with van der Waals surface area (Å²) in [5, 5.41) is 4.25. The van der Waals surface area contributed by atoms with Crippen LogP contribution in [0.4, 0.5) is 13.2 Å². The number of nitrogens with one attached hydrogen (secondary N) is 1. The summed E-state index contributed by atoms with van der Waals surface area (Å²) in [6.45, 7) is 1.65. The Hall–Kier alpha value is -1.56. The summed E-state index contributed by atoms with van der Waals surface area (Å²) in [4.78, 5) is 2.14. The lowest BCUT2D eigenvalue weighted by molar-refractivity contribution is -0.138. The summed E-state index contributed by atoms with van der Waals surface area (Å²) in [5.74, 6) is 0.0252. The molecule has 3 rings (SSSR count).